The number of nitrogens with one attached hydrogen (secondary N) is 1. The van der Waals surface area contributed by atoms with Crippen molar-refractivity contribution in [3.05, 3.63) is 12.7 Å². The van der Waals surface area contributed by atoms with Gasteiger partial charge in [0.2, 0.25) is 0 Å². The van der Waals surface area contributed by atoms with Crippen LogP contribution >= 0.6 is 0 Å². The average molecular weight is 271 g/mol. The summed E-state index contributed by atoms with van der Waals surface area (Å²) >= 11 is 0. The van der Waals surface area contributed by atoms with Crippen LogP contribution in [0.5, 0.6) is 0 Å². The molecule has 5 nitrogen and oxygen atoms in total. The number of carbonyl (C=O) groups excluding carboxylic acids is 1. The fraction of sp³-hybridized carbons (Fsp3) is 0.714. The number of alkyl carbamates (subject to hydrolysis) is 1. The number of hydrogen-bond acceptors (Lipinski definition) is 3. The summed E-state index contributed by atoms with van der Waals surface area (Å²) in [4.78, 5) is 23.2. The molecule has 0 radical (unpaired) electrons. The fourth-order valence-corrected chi connectivity index (χ4v) is 2.01. The summed E-state index contributed by atoms with van der Waals surface area (Å²) < 4.78 is 5.18. The molecule has 2 N–H and O–H groups in total. The zero-order valence-corrected chi connectivity index (χ0v) is 12.4. The van der Waals surface area contributed by atoms with Crippen molar-refractivity contribution in [2.45, 2.75) is 58.6 Å². The largest absolute Gasteiger partial charge is 0.481 e. The Hall–Kier alpha value is -1.52. The van der Waals surface area contributed by atoms with Gasteiger partial charge in [-0.1, -0.05) is 19.9 Å². The minimum Gasteiger partial charge on any atom is -0.481 e. The summed E-state index contributed by atoms with van der Waals surface area (Å²) in [5, 5.41) is 11.9. The highest BCUT2D eigenvalue weighted by Crippen LogP contribution is 2.27. The normalized spacial score (nSPS) is 16.1. The van der Waals surface area contributed by atoms with Crippen LogP contribution in [-0.4, -0.2) is 28.3 Å². The van der Waals surface area contributed by atoms with Crippen molar-refractivity contribution in [1.29, 1.82) is 0 Å². The molecule has 2 atom stereocenters. The third kappa shape index (κ3) is 4.93. The molecule has 110 valence electrons. The van der Waals surface area contributed by atoms with E-state index in [1.807, 2.05) is 6.92 Å². The van der Waals surface area contributed by atoms with Crippen LogP contribution in [0.25, 0.3) is 0 Å². The molecule has 19 heavy (non-hydrogen) atoms. The summed E-state index contributed by atoms with van der Waals surface area (Å²) in [6.45, 7) is 12.5. The maximum atomic E-state index is 11.9. The highest BCUT2D eigenvalue weighted by molar-refractivity contribution is 5.76. The van der Waals surface area contributed by atoms with Gasteiger partial charge in [-0.3, -0.25) is 4.79 Å². The van der Waals surface area contributed by atoms with Crippen LogP contribution in [0.3, 0.4) is 0 Å². The molecule has 0 bridgehead atoms. The van der Waals surface area contributed by atoms with Crippen molar-refractivity contribution in [3.8, 4) is 0 Å². The molecule has 0 aliphatic carbocycles. The van der Waals surface area contributed by atoms with E-state index in [-0.39, 0.29) is 0 Å². The van der Waals surface area contributed by atoms with Crippen molar-refractivity contribution in [1.82, 2.24) is 5.32 Å². The van der Waals surface area contributed by atoms with Gasteiger partial charge in [-0.25, -0.2) is 4.79 Å². The Morgan fingerprint density at radius 1 is 1.37 bits per heavy atom. The summed E-state index contributed by atoms with van der Waals surface area (Å²) in [7, 11) is 0. The number of carboxylic acids is 1. The highest BCUT2D eigenvalue weighted by atomic mass is 16.6. The molecule has 0 spiro atoms. The fourth-order valence-electron chi connectivity index (χ4n) is 2.01. The molecule has 1 amide bonds. The van der Waals surface area contributed by atoms with E-state index in [1.165, 1.54) is 6.08 Å². The van der Waals surface area contributed by atoms with Gasteiger partial charge in [0.25, 0.3) is 0 Å². The van der Waals surface area contributed by atoms with Crippen LogP contribution < -0.4 is 5.32 Å². The number of carboxylic acid groups (broad SMARTS) is 1. The van der Waals surface area contributed by atoms with Crippen LogP contribution in [0.2, 0.25) is 0 Å². The molecule has 0 rings (SSSR count). The average Bonchev–Trinajstić information content (AvgIpc) is 2.25. The number of amides is 1. The van der Waals surface area contributed by atoms with E-state index < -0.39 is 29.1 Å². The van der Waals surface area contributed by atoms with Gasteiger partial charge in [0.1, 0.15) is 5.60 Å². The second-order valence-corrected chi connectivity index (χ2v) is 5.52. The minimum atomic E-state index is -0.997. The minimum absolute atomic E-state index is 0.394. The van der Waals surface area contributed by atoms with Crippen molar-refractivity contribution in [2.75, 3.05) is 0 Å². The smallest absolute Gasteiger partial charge is 0.408 e. The predicted octanol–water partition coefficient (Wildman–Crippen LogP) is 2.96. The van der Waals surface area contributed by atoms with E-state index in [2.05, 4.69) is 11.9 Å². The van der Waals surface area contributed by atoms with E-state index in [4.69, 9.17) is 4.74 Å². The maximum Gasteiger partial charge on any atom is 0.408 e. The number of hydrogen-bond donors (Lipinski definition) is 2. The number of rotatable bonds is 6. The van der Waals surface area contributed by atoms with Crippen molar-refractivity contribution < 1.29 is 19.4 Å². The van der Waals surface area contributed by atoms with E-state index >= 15 is 0 Å². The Morgan fingerprint density at radius 2 is 1.89 bits per heavy atom. The van der Waals surface area contributed by atoms with Gasteiger partial charge in [-0.2, -0.15) is 0 Å². The van der Waals surface area contributed by atoms with Gasteiger partial charge >= 0.3 is 12.1 Å². The standard InChI is InChI=1S/C14H25NO4/c1-7-10(11(16)17)14(8-2,9-3)15-12(18)19-13(4,5)6/h8,10H,2,7,9H2,1,3-6H3,(H,15,18)(H,16,17)/t10-,14-/m1/s1. The second-order valence-electron chi connectivity index (χ2n) is 5.52. The Bertz CT molecular complexity index is 346. The topological polar surface area (TPSA) is 75.6 Å². The first-order valence-electron chi connectivity index (χ1n) is 6.49. The molecule has 0 aliphatic rings. The third-order valence-corrected chi connectivity index (χ3v) is 3.01. The number of carbonyl (C=O) groups is 2. The van der Waals surface area contributed by atoms with Crippen LogP contribution in [0.15, 0.2) is 12.7 Å². The lowest BCUT2D eigenvalue weighted by atomic mass is 9.80. The monoisotopic (exact) mass is 271 g/mol. The van der Waals surface area contributed by atoms with E-state index in [0.29, 0.717) is 12.8 Å². The summed E-state index contributed by atoms with van der Waals surface area (Å²) in [6, 6.07) is 0. The SMILES string of the molecule is C=C[C@](CC)(NC(=O)OC(C)(C)C)[C@H](CC)C(=O)O. The van der Waals surface area contributed by atoms with Crippen molar-refractivity contribution in [2.24, 2.45) is 5.92 Å². The molecule has 0 aliphatic heterocycles. The van der Waals surface area contributed by atoms with Crippen LogP contribution in [-0.2, 0) is 9.53 Å². The lowest BCUT2D eigenvalue weighted by Crippen LogP contribution is -2.55. The summed E-state index contributed by atoms with van der Waals surface area (Å²) in [6.07, 6.45) is 1.68. The molecule has 0 heterocycles. The zero-order chi connectivity index (χ0) is 15.3. The summed E-state index contributed by atoms with van der Waals surface area (Å²) in [5.74, 6) is -1.69. The molecule has 0 aromatic heterocycles. The molecule has 0 aromatic carbocycles. The Morgan fingerprint density at radius 3 is 2.16 bits per heavy atom. The molecular formula is C14H25NO4. The first kappa shape index (κ1) is 17.5. The molecule has 0 saturated carbocycles. The highest BCUT2D eigenvalue weighted by Gasteiger charge is 2.40. The quantitative estimate of drug-likeness (QED) is 0.728. The number of aliphatic carboxylic acids is 1. The third-order valence-electron chi connectivity index (χ3n) is 3.01. The predicted molar refractivity (Wildman–Crippen MR) is 74.0 cm³/mol. The lowest BCUT2D eigenvalue weighted by molar-refractivity contribution is -0.144. The second kappa shape index (κ2) is 6.59. The summed E-state index contributed by atoms with van der Waals surface area (Å²) in [5.41, 5.74) is -1.63. The zero-order valence-electron chi connectivity index (χ0n) is 12.4. The van der Waals surface area contributed by atoms with Gasteiger partial charge in [-0.15, -0.1) is 6.58 Å². The van der Waals surface area contributed by atoms with Gasteiger partial charge in [-0.05, 0) is 33.6 Å². The first-order chi connectivity index (χ1) is 8.61. The Balaban J connectivity index is 5.15. The van der Waals surface area contributed by atoms with Crippen LogP contribution in [0.4, 0.5) is 4.79 Å². The molecule has 0 saturated heterocycles. The maximum absolute atomic E-state index is 11.9. The molecule has 0 fully saturated rings. The lowest BCUT2D eigenvalue weighted by Gasteiger charge is -2.36. The van der Waals surface area contributed by atoms with Crippen LogP contribution in [0, 0.1) is 5.92 Å². The van der Waals surface area contributed by atoms with E-state index in [9.17, 15) is 14.7 Å². The first-order valence-corrected chi connectivity index (χ1v) is 6.49. The van der Waals surface area contributed by atoms with Crippen molar-refractivity contribution in [3.63, 3.8) is 0 Å². The Labute approximate surface area is 115 Å². The molecule has 0 aromatic rings. The van der Waals surface area contributed by atoms with E-state index in [1.54, 1.807) is 27.7 Å². The molecule has 5 heteroatoms. The van der Waals surface area contributed by atoms with Gasteiger partial charge in [0.05, 0.1) is 11.5 Å². The van der Waals surface area contributed by atoms with Gasteiger partial charge < -0.3 is 15.2 Å². The molecule has 0 unspecified atom stereocenters. The van der Waals surface area contributed by atoms with Gasteiger partial charge in [0, 0.05) is 0 Å². The number of ether oxygens (including phenoxy) is 1. The van der Waals surface area contributed by atoms with E-state index in [0.717, 1.165) is 0 Å². The Kier molecular flexibility index (Phi) is 6.06. The van der Waals surface area contributed by atoms with Crippen molar-refractivity contribution >= 4 is 12.1 Å². The van der Waals surface area contributed by atoms with Crippen LogP contribution in [0.1, 0.15) is 47.5 Å². The van der Waals surface area contributed by atoms with Gasteiger partial charge in [0.15, 0.2) is 0 Å². The molecular weight excluding hydrogens is 246 g/mol.